The third kappa shape index (κ3) is 2.63. The lowest BCUT2D eigenvalue weighted by molar-refractivity contribution is 0.574. The van der Waals surface area contributed by atoms with E-state index in [2.05, 4.69) is 44.1 Å². The number of halogens is 1. The molecule has 0 fully saturated rings. The Morgan fingerprint density at radius 1 is 1.10 bits per heavy atom. The van der Waals surface area contributed by atoms with Gasteiger partial charge in [-0.1, -0.05) is 13.0 Å². The summed E-state index contributed by atoms with van der Waals surface area (Å²) in [6.07, 6.45) is 13.9. The van der Waals surface area contributed by atoms with Crippen LogP contribution in [0.1, 0.15) is 25.2 Å². The lowest BCUT2D eigenvalue weighted by Crippen LogP contribution is -2.35. The Kier molecular flexibility index (Phi) is 3.82. The molecule has 0 radical (unpaired) electrons. The summed E-state index contributed by atoms with van der Waals surface area (Å²) in [5, 5.41) is 8.47. The van der Waals surface area contributed by atoms with E-state index in [0.29, 0.717) is 11.8 Å². The van der Waals surface area contributed by atoms with Gasteiger partial charge in [-0.05, 0) is 42.8 Å². The zero-order valence-electron chi connectivity index (χ0n) is 16.6. The maximum atomic E-state index is 13.4. The smallest absolute Gasteiger partial charge is 0.237 e. The highest BCUT2D eigenvalue weighted by molar-refractivity contribution is 5.68. The first-order valence-electron chi connectivity index (χ1n) is 9.99. The van der Waals surface area contributed by atoms with Gasteiger partial charge in [0, 0.05) is 23.7 Å². The van der Waals surface area contributed by atoms with Crippen molar-refractivity contribution in [2.45, 2.75) is 19.4 Å². The molecule has 0 N–H and O–H groups in total. The molecule has 4 heterocycles. The molecule has 31 heavy (non-hydrogen) atoms. The molecule has 0 saturated carbocycles. The summed E-state index contributed by atoms with van der Waals surface area (Å²) < 4.78 is 17.1. The van der Waals surface area contributed by atoms with Crippen LogP contribution in [-0.4, -0.2) is 34.3 Å². The van der Waals surface area contributed by atoms with Crippen LogP contribution >= 0.6 is 0 Å². The molecule has 0 saturated heterocycles. The summed E-state index contributed by atoms with van der Waals surface area (Å²) >= 11 is 0. The molecule has 8 nitrogen and oxygen atoms in total. The van der Waals surface area contributed by atoms with E-state index in [0.717, 1.165) is 35.0 Å². The minimum Gasteiger partial charge on any atom is -0.314 e. The number of anilines is 1. The van der Waals surface area contributed by atoms with Crippen molar-refractivity contribution < 1.29 is 4.39 Å². The summed E-state index contributed by atoms with van der Waals surface area (Å²) in [5.41, 5.74) is 2.66. The van der Waals surface area contributed by atoms with Crippen LogP contribution in [0, 0.1) is 5.82 Å². The highest BCUT2D eigenvalue weighted by Gasteiger charge is 2.35. The molecule has 0 spiro atoms. The number of aromatic nitrogens is 7. The molecule has 1 aliphatic carbocycles. The van der Waals surface area contributed by atoms with Crippen molar-refractivity contribution in [1.29, 1.82) is 0 Å². The first-order chi connectivity index (χ1) is 15.2. The van der Waals surface area contributed by atoms with E-state index in [1.165, 1.54) is 12.1 Å². The summed E-state index contributed by atoms with van der Waals surface area (Å²) in [5.74, 6) is 2.47. The van der Waals surface area contributed by atoms with E-state index < -0.39 is 0 Å². The standard InChI is InChI=1S/C22H17FN8/c1-2-17-21-28-26-13-30(21)18-12-25-22(27-20(18)31(17)16-4-3-5-16)29-11-10-24-19(29)14-6-8-15(23)9-7-14/h3-13,17H,2H2,1H3/t17-/m1/s1. The molecule has 0 unspecified atom stereocenters. The van der Waals surface area contributed by atoms with Crippen LogP contribution in [-0.2, 0) is 0 Å². The Morgan fingerprint density at radius 2 is 1.94 bits per heavy atom. The van der Waals surface area contributed by atoms with Crippen molar-refractivity contribution in [3.63, 3.8) is 0 Å². The van der Waals surface area contributed by atoms with E-state index in [-0.39, 0.29) is 11.9 Å². The lowest BCUT2D eigenvalue weighted by Gasteiger charge is -2.38. The van der Waals surface area contributed by atoms with Gasteiger partial charge in [-0.2, -0.15) is 4.98 Å². The van der Waals surface area contributed by atoms with Gasteiger partial charge < -0.3 is 4.90 Å². The quantitative estimate of drug-likeness (QED) is 0.508. The van der Waals surface area contributed by atoms with Crippen molar-refractivity contribution >= 4 is 5.82 Å². The Bertz CT molecular complexity index is 1350. The maximum absolute atomic E-state index is 13.4. The molecular weight excluding hydrogens is 395 g/mol. The second-order valence-corrected chi connectivity index (χ2v) is 7.31. The van der Waals surface area contributed by atoms with Gasteiger partial charge in [0.15, 0.2) is 11.6 Å². The fourth-order valence-corrected chi connectivity index (χ4v) is 4.03. The van der Waals surface area contributed by atoms with Crippen LogP contribution in [0.2, 0.25) is 0 Å². The fourth-order valence-electron chi connectivity index (χ4n) is 4.03. The number of nitrogens with zero attached hydrogens (tertiary/aromatic N) is 8. The minimum atomic E-state index is -0.292. The van der Waals surface area contributed by atoms with Crippen LogP contribution in [0.5, 0.6) is 0 Å². The SMILES string of the molecule is CC[C@@H]1c2nncn2-c2cnc(-n3ccnc3-c3ccc(F)cc3)nc2N1C1=CC=C1. The molecule has 0 bridgehead atoms. The summed E-state index contributed by atoms with van der Waals surface area (Å²) in [4.78, 5) is 16.2. The summed E-state index contributed by atoms with van der Waals surface area (Å²) in [7, 11) is 0. The predicted molar refractivity (Wildman–Crippen MR) is 112 cm³/mol. The Labute approximate surface area is 177 Å². The zero-order valence-corrected chi connectivity index (χ0v) is 16.6. The Balaban J connectivity index is 1.52. The number of fused-ring (bicyclic) bond motifs is 3. The van der Waals surface area contributed by atoms with Crippen molar-refractivity contribution in [2.24, 2.45) is 0 Å². The largest absolute Gasteiger partial charge is 0.314 e. The Morgan fingerprint density at radius 3 is 2.68 bits per heavy atom. The van der Waals surface area contributed by atoms with E-state index in [9.17, 15) is 4.39 Å². The number of hydrogen-bond acceptors (Lipinski definition) is 6. The number of hydrogen-bond donors (Lipinski definition) is 0. The molecule has 1 atom stereocenters. The van der Waals surface area contributed by atoms with E-state index >= 15 is 0 Å². The van der Waals surface area contributed by atoms with Crippen LogP contribution in [0.4, 0.5) is 10.2 Å². The van der Waals surface area contributed by atoms with Gasteiger partial charge in [-0.15, -0.1) is 10.2 Å². The number of allylic oxidation sites excluding steroid dienone is 3. The monoisotopic (exact) mass is 412 g/mol. The van der Waals surface area contributed by atoms with E-state index in [1.54, 1.807) is 41.6 Å². The number of benzene rings is 1. The van der Waals surface area contributed by atoms with Crippen molar-refractivity contribution in [1.82, 2.24) is 34.3 Å². The van der Waals surface area contributed by atoms with Crippen molar-refractivity contribution in [3.05, 3.63) is 84.8 Å². The molecule has 152 valence electrons. The molecular formula is C22H17FN8. The second kappa shape index (κ2) is 6.69. The van der Waals surface area contributed by atoms with Gasteiger partial charge in [-0.3, -0.25) is 9.13 Å². The van der Waals surface area contributed by atoms with Crippen LogP contribution in [0.3, 0.4) is 0 Å². The average Bonchev–Trinajstić information content (AvgIpc) is 3.43. The molecule has 6 rings (SSSR count). The molecule has 1 aliphatic heterocycles. The summed E-state index contributed by atoms with van der Waals surface area (Å²) in [6.45, 7) is 2.12. The van der Waals surface area contributed by atoms with Crippen molar-refractivity contribution in [2.75, 3.05) is 4.90 Å². The Hall–Kier alpha value is -4.14. The number of rotatable bonds is 4. The molecule has 2 aliphatic rings. The normalized spacial score (nSPS) is 16.5. The molecule has 1 aromatic carbocycles. The highest BCUT2D eigenvalue weighted by Crippen LogP contribution is 2.41. The zero-order chi connectivity index (χ0) is 20.9. The van der Waals surface area contributed by atoms with E-state index in [1.807, 2.05) is 10.6 Å². The van der Waals surface area contributed by atoms with Crippen LogP contribution in [0.25, 0.3) is 23.0 Å². The first-order valence-corrected chi connectivity index (χ1v) is 9.99. The van der Waals surface area contributed by atoms with Crippen LogP contribution < -0.4 is 4.90 Å². The van der Waals surface area contributed by atoms with Gasteiger partial charge in [0.2, 0.25) is 5.95 Å². The topological polar surface area (TPSA) is 77.5 Å². The predicted octanol–water partition coefficient (Wildman–Crippen LogP) is 3.77. The highest BCUT2D eigenvalue weighted by atomic mass is 19.1. The van der Waals surface area contributed by atoms with Gasteiger partial charge in [0.25, 0.3) is 0 Å². The van der Waals surface area contributed by atoms with Crippen LogP contribution in [0.15, 0.2) is 73.1 Å². The second-order valence-electron chi connectivity index (χ2n) is 7.31. The third-order valence-electron chi connectivity index (χ3n) is 5.57. The minimum absolute atomic E-state index is 0.00769. The lowest BCUT2D eigenvalue weighted by atomic mass is 10.1. The maximum Gasteiger partial charge on any atom is 0.237 e. The molecule has 0 amide bonds. The fraction of sp³-hybridized carbons (Fsp3) is 0.136. The number of imidazole rings is 1. The average molecular weight is 412 g/mol. The van der Waals surface area contributed by atoms with Gasteiger partial charge in [-0.25, -0.2) is 14.4 Å². The molecule has 4 aromatic rings. The summed E-state index contributed by atoms with van der Waals surface area (Å²) in [6, 6.07) is 6.23. The van der Waals surface area contributed by atoms with Gasteiger partial charge >= 0.3 is 0 Å². The van der Waals surface area contributed by atoms with Gasteiger partial charge in [0.1, 0.15) is 23.7 Å². The molecule has 3 aromatic heterocycles. The van der Waals surface area contributed by atoms with Crippen molar-refractivity contribution in [3.8, 4) is 23.0 Å². The first kappa shape index (κ1) is 17.7. The third-order valence-corrected chi connectivity index (χ3v) is 5.57. The van der Waals surface area contributed by atoms with Gasteiger partial charge in [0.05, 0.1) is 12.2 Å². The molecule has 9 heteroatoms. The van der Waals surface area contributed by atoms with E-state index in [4.69, 9.17) is 4.98 Å².